The van der Waals surface area contributed by atoms with Gasteiger partial charge in [-0.05, 0) is 51.5 Å². The van der Waals surface area contributed by atoms with Gasteiger partial charge in [-0.15, -0.1) is 0 Å². The van der Waals surface area contributed by atoms with Crippen molar-refractivity contribution in [3.05, 3.63) is 47.7 Å². The molecule has 0 radical (unpaired) electrons. The van der Waals surface area contributed by atoms with Crippen LogP contribution in [0.2, 0.25) is 0 Å². The molecule has 0 saturated carbocycles. The number of rotatable bonds is 9. The molecule has 2 aromatic carbocycles. The summed E-state index contributed by atoms with van der Waals surface area (Å²) in [5, 5.41) is 15.0. The Morgan fingerprint density at radius 3 is 2.81 bits per heavy atom. The van der Waals surface area contributed by atoms with Gasteiger partial charge >= 0.3 is 12.0 Å². The van der Waals surface area contributed by atoms with Crippen LogP contribution in [0.3, 0.4) is 0 Å². The van der Waals surface area contributed by atoms with Gasteiger partial charge in [-0.1, -0.05) is 24.3 Å². The fourth-order valence-corrected chi connectivity index (χ4v) is 7.21. The van der Waals surface area contributed by atoms with Crippen LogP contribution in [0.1, 0.15) is 51.3 Å². The summed E-state index contributed by atoms with van der Waals surface area (Å²) in [6, 6.07) is 15.5. The van der Waals surface area contributed by atoms with E-state index in [0.29, 0.717) is 50.0 Å². The van der Waals surface area contributed by atoms with Gasteiger partial charge in [0.1, 0.15) is 11.6 Å². The van der Waals surface area contributed by atoms with Crippen molar-refractivity contribution in [2.75, 3.05) is 62.3 Å². The summed E-state index contributed by atoms with van der Waals surface area (Å²) in [7, 11) is 0. The summed E-state index contributed by atoms with van der Waals surface area (Å²) in [4.78, 5) is 30.0. The summed E-state index contributed by atoms with van der Waals surface area (Å²) in [6.07, 6.45) is 3.64. The number of ether oxygens (including phenoxy) is 3. The molecule has 3 fully saturated rings. The lowest BCUT2D eigenvalue weighted by atomic mass is 9.97. The first-order valence-corrected chi connectivity index (χ1v) is 17.0. The number of carbonyl (C=O) groups is 1. The molecular weight excluding hydrogens is 594 g/mol. The Morgan fingerprint density at radius 1 is 1.15 bits per heavy atom. The van der Waals surface area contributed by atoms with Crippen LogP contribution < -0.4 is 24.6 Å². The van der Waals surface area contributed by atoms with Gasteiger partial charge in [0.2, 0.25) is 0 Å². The first-order chi connectivity index (χ1) is 22.7. The molecule has 1 N–H and O–H groups in total. The highest BCUT2D eigenvalue weighted by atomic mass is 16.5. The zero-order valence-corrected chi connectivity index (χ0v) is 27.7. The van der Waals surface area contributed by atoms with E-state index in [1.54, 1.807) is 0 Å². The third-order valence-corrected chi connectivity index (χ3v) is 9.73. The van der Waals surface area contributed by atoms with Gasteiger partial charge in [0.05, 0.1) is 49.5 Å². The third kappa shape index (κ3) is 6.86. The monoisotopic (exact) mass is 639 g/mol. The molecule has 1 aromatic heterocycles. The Balaban J connectivity index is 1.15. The van der Waals surface area contributed by atoms with Crippen LogP contribution >= 0.6 is 0 Å². The average Bonchev–Trinajstić information content (AvgIpc) is 3.69. The summed E-state index contributed by atoms with van der Waals surface area (Å²) < 4.78 is 17.9. The van der Waals surface area contributed by atoms with E-state index >= 15 is 0 Å². The van der Waals surface area contributed by atoms with E-state index in [2.05, 4.69) is 38.2 Å². The fourth-order valence-electron chi connectivity index (χ4n) is 7.21. The number of nitrogens with zero attached hydrogens (tertiary/aromatic N) is 6. The Labute approximate surface area is 276 Å². The zero-order valence-electron chi connectivity index (χ0n) is 27.7. The van der Waals surface area contributed by atoms with Crippen LogP contribution in [0.15, 0.2) is 36.4 Å². The lowest BCUT2D eigenvalue weighted by molar-refractivity contribution is -0.142. The molecule has 248 valence electrons. The maximum Gasteiger partial charge on any atom is 0.318 e. The van der Waals surface area contributed by atoms with Gasteiger partial charge in [0.25, 0.3) is 0 Å². The number of piperazine rings is 1. The number of nitriles is 1. The van der Waals surface area contributed by atoms with Crippen LogP contribution in [0, 0.1) is 16.7 Å². The van der Waals surface area contributed by atoms with Gasteiger partial charge in [-0.25, -0.2) is 0 Å². The first-order valence-electron chi connectivity index (χ1n) is 17.0. The molecule has 0 aliphatic carbocycles. The molecule has 5 heterocycles. The highest BCUT2D eigenvalue weighted by molar-refractivity contribution is 5.96. The highest BCUT2D eigenvalue weighted by Crippen LogP contribution is 2.37. The van der Waals surface area contributed by atoms with Crippen molar-refractivity contribution in [3.8, 4) is 17.8 Å². The summed E-state index contributed by atoms with van der Waals surface area (Å²) in [5.74, 6) is 1.19. The standard InChI is InChI=1S/C36H45N7O4/c1-36(2,3)34(44)47-27-17-24-7-4-5-8-29(24)32(19-27)42-14-10-30-31(22-42)39-35(40-33(30)43-15-12-38-25(20-43)9-11-37)45-16-6-13-41-21-28-18-26(41)23-46-28/h4-5,7-8,17,19,25-26,28,38H,6,9-10,12-16,18,20-23H2,1-3H3/t25?,26-,28-/m0/s1. The number of esters is 1. The van der Waals surface area contributed by atoms with E-state index in [-0.39, 0.29) is 12.0 Å². The predicted molar refractivity (Wildman–Crippen MR) is 180 cm³/mol. The number of fused-ring (bicyclic) bond motifs is 4. The molecule has 4 aliphatic heterocycles. The number of hydrogen-bond acceptors (Lipinski definition) is 11. The Morgan fingerprint density at radius 2 is 2.02 bits per heavy atom. The maximum atomic E-state index is 12.8. The van der Waals surface area contributed by atoms with Gasteiger partial charge < -0.3 is 29.3 Å². The largest absolute Gasteiger partial charge is 0.463 e. The number of carbonyl (C=O) groups excluding carboxylic acids is 1. The SMILES string of the molecule is CC(C)(C)C(=O)Oc1cc(N2CCc3c(nc(OCCCN4C[C@@H]5C[C@H]4CO5)nc3N3CCNC(CC#N)C3)C2)c2ccccc2c1. The van der Waals surface area contributed by atoms with Crippen LogP contribution in [0.4, 0.5) is 11.5 Å². The van der Waals surface area contributed by atoms with Gasteiger partial charge in [0.15, 0.2) is 0 Å². The minimum Gasteiger partial charge on any atom is -0.463 e. The fraction of sp³-hybridized carbons (Fsp3) is 0.556. The van der Waals surface area contributed by atoms with E-state index in [9.17, 15) is 10.1 Å². The van der Waals surface area contributed by atoms with Gasteiger partial charge in [-0.3, -0.25) is 9.69 Å². The summed E-state index contributed by atoms with van der Waals surface area (Å²) >= 11 is 0. The second-order valence-electron chi connectivity index (χ2n) is 14.2. The second-order valence-corrected chi connectivity index (χ2v) is 14.2. The molecule has 7 rings (SSSR count). The maximum absolute atomic E-state index is 12.8. The van der Waals surface area contributed by atoms with Crippen molar-refractivity contribution in [3.63, 3.8) is 0 Å². The van der Waals surface area contributed by atoms with E-state index < -0.39 is 5.41 Å². The number of anilines is 2. The Bertz CT molecular complexity index is 1670. The van der Waals surface area contributed by atoms with Crippen molar-refractivity contribution in [2.45, 2.75) is 71.2 Å². The first kappa shape index (κ1) is 31.6. The molecule has 0 amide bonds. The quantitative estimate of drug-likeness (QED) is 0.208. The molecule has 0 spiro atoms. The molecule has 11 nitrogen and oxygen atoms in total. The van der Waals surface area contributed by atoms with E-state index in [1.807, 2.05) is 45.0 Å². The lowest BCUT2D eigenvalue weighted by Crippen LogP contribution is -2.51. The van der Waals surface area contributed by atoms with Gasteiger partial charge in [-0.2, -0.15) is 15.2 Å². The number of likely N-dealkylation sites (tertiary alicyclic amines) is 1. The summed E-state index contributed by atoms with van der Waals surface area (Å²) in [5.41, 5.74) is 2.48. The molecule has 1 unspecified atom stereocenters. The van der Waals surface area contributed by atoms with Crippen LogP contribution in [0.25, 0.3) is 10.8 Å². The second kappa shape index (κ2) is 13.3. The molecule has 47 heavy (non-hydrogen) atoms. The van der Waals surface area contributed by atoms with E-state index in [0.717, 1.165) is 92.1 Å². The molecule has 11 heteroatoms. The summed E-state index contributed by atoms with van der Waals surface area (Å²) in [6.45, 7) is 12.6. The molecule has 3 atom stereocenters. The van der Waals surface area contributed by atoms with Crippen LogP contribution in [0.5, 0.6) is 11.8 Å². The molecular formula is C36H45N7O4. The Kier molecular flexibility index (Phi) is 8.92. The number of benzene rings is 2. The van der Waals surface area contributed by atoms with Crippen molar-refractivity contribution in [1.82, 2.24) is 20.2 Å². The van der Waals surface area contributed by atoms with Gasteiger partial charge in [0, 0.05) is 74.1 Å². The normalized spacial score (nSPS) is 22.7. The molecule has 4 aliphatic rings. The smallest absolute Gasteiger partial charge is 0.318 e. The van der Waals surface area contributed by atoms with E-state index in [1.165, 1.54) is 0 Å². The topological polar surface area (TPSA) is 116 Å². The number of nitrogens with one attached hydrogen (secondary N) is 1. The van der Waals surface area contributed by atoms with Crippen molar-refractivity contribution in [1.29, 1.82) is 5.26 Å². The van der Waals surface area contributed by atoms with Crippen LogP contribution in [-0.4, -0.2) is 91.5 Å². The van der Waals surface area contributed by atoms with Crippen molar-refractivity contribution in [2.24, 2.45) is 5.41 Å². The lowest BCUT2D eigenvalue weighted by Gasteiger charge is -2.37. The average molecular weight is 640 g/mol. The predicted octanol–water partition coefficient (Wildman–Crippen LogP) is 4.08. The van der Waals surface area contributed by atoms with Crippen molar-refractivity contribution < 1.29 is 19.0 Å². The highest BCUT2D eigenvalue weighted by Gasteiger charge is 2.38. The number of aromatic nitrogens is 2. The third-order valence-electron chi connectivity index (χ3n) is 9.73. The number of hydrogen-bond donors (Lipinski definition) is 1. The zero-order chi connectivity index (χ0) is 32.5. The molecule has 2 bridgehead atoms. The number of morpholine rings is 1. The molecule has 3 aromatic rings. The minimum atomic E-state index is -0.613. The Hall–Kier alpha value is -3.98. The van der Waals surface area contributed by atoms with Crippen LogP contribution in [-0.2, 0) is 22.5 Å². The minimum absolute atomic E-state index is 0.0912. The molecule has 3 saturated heterocycles. The van der Waals surface area contributed by atoms with Crippen molar-refractivity contribution >= 4 is 28.2 Å². The van der Waals surface area contributed by atoms with E-state index in [4.69, 9.17) is 24.2 Å².